The topological polar surface area (TPSA) is 115 Å². The van der Waals surface area contributed by atoms with Crippen LogP contribution in [0.5, 0.6) is 0 Å². The lowest BCUT2D eigenvalue weighted by molar-refractivity contribution is -0.126. The Balaban J connectivity index is 1.41. The number of nitrogens with one attached hydrogen (secondary N) is 1. The maximum Gasteiger partial charge on any atom is 0.278 e. The maximum absolute atomic E-state index is 13.4. The molecule has 1 N–H and O–H groups in total. The molecule has 0 spiro atoms. The van der Waals surface area contributed by atoms with Gasteiger partial charge in [-0.25, -0.2) is 17.8 Å². The first-order valence-corrected chi connectivity index (χ1v) is 16.0. The summed E-state index contributed by atoms with van der Waals surface area (Å²) in [5.74, 6) is 0.547. The van der Waals surface area contributed by atoms with Crippen molar-refractivity contribution in [3.8, 4) is 0 Å². The minimum Gasteiger partial charge on any atom is -0.354 e. The van der Waals surface area contributed by atoms with Gasteiger partial charge in [0, 0.05) is 74.0 Å². The summed E-state index contributed by atoms with van der Waals surface area (Å²) in [7, 11) is -3.25. The number of hydrogen-bond acceptors (Lipinski definition) is 6. The number of amidine groups is 1. The van der Waals surface area contributed by atoms with Gasteiger partial charge < -0.3 is 15.1 Å². The van der Waals surface area contributed by atoms with E-state index in [-0.39, 0.29) is 23.9 Å². The number of carbonyl (C=O) groups excluding carboxylic acids is 2. The highest BCUT2D eigenvalue weighted by atomic mass is 32.2. The Morgan fingerprint density at radius 1 is 1.05 bits per heavy atom. The summed E-state index contributed by atoms with van der Waals surface area (Å²) in [6.07, 6.45) is 6.48. The van der Waals surface area contributed by atoms with E-state index in [1.807, 2.05) is 26.1 Å². The zero-order valence-electron chi connectivity index (χ0n) is 23.7. The number of sulfonamides is 1. The molecule has 2 aromatic rings. The molecule has 1 saturated heterocycles. The number of anilines is 2. The van der Waals surface area contributed by atoms with Crippen molar-refractivity contribution in [1.29, 1.82) is 0 Å². The van der Waals surface area contributed by atoms with Gasteiger partial charge in [0.25, 0.3) is 5.91 Å². The first-order valence-electron chi connectivity index (χ1n) is 14.2. The van der Waals surface area contributed by atoms with Crippen molar-refractivity contribution in [2.45, 2.75) is 58.0 Å². The van der Waals surface area contributed by atoms with E-state index in [0.717, 1.165) is 42.8 Å². The number of benzene rings is 1. The number of rotatable bonds is 6. The second-order valence-electron chi connectivity index (χ2n) is 11.4. The summed E-state index contributed by atoms with van der Waals surface area (Å²) in [4.78, 5) is 39.1. The summed E-state index contributed by atoms with van der Waals surface area (Å²) in [6, 6.07) is 7.51. The van der Waals surface area contributed by atoms with Crippen LogP contribution in [-0.2, 0) is 21.2 Å². The molecule has 2 aliphatic heterocycles. The van der Waals surface area contributed by atoms with Crippen LogP contribution in [0.1, 0.15) is 55.5 Å². The van der Waals surface area contributed by atoms with Gasteiger partial charge in [-0.15, -0.1) is 0 Å². The number of aliphatic imine (C=N–C) groups is 1. The smallest absolute Gasteiger partial charge is 0.278 e. The average Bonchev–Trinajstić information content (AvgIpc) is 3.29. The summed E-state index contributed by atoms with van der Waals surface area (Å²) < 4.78 is 38.8. The van der Waals surface area contributed by atoms with Gasteiger partial charge in [0.05, 0.1) is 11.9 Å². The van der Waals surface area contributed by atoms with Crippen LogP contribution in [0.25, 0.3) is 0 Å². The van der Waals surface area contributed by atoms with Crippen LogP contribution in [-0.4, -0.2) is 79.9 Å². The maximum atomic E-state index is 13.4. The lowest BCUT2D eigenvalue weighted by Crippen LogP contribution is -2.48. The van der Waals surface area contributed by atoms with Gasteiger partial charge in [-0.1, -0.05) is 0 Å². The van der Waals surface area contributed by atoms with Crippen molar-refractivity contribution in [2.75, 3.05) is 42.2 Å². The molecular formula is C29H37FN6O4S. The zero-order chi connectivity index (χ0) is 29.3. The van der Waals surface area contributed by atoms with Gasteiger partial charge in [-0.2, -0.15) is 9.30 Å². The standard InChI is InChI=1S/C29H37FN6O4S/c1-19(2)32-28(37)21-6-10-24(11-7-21)36-25-17-26(34-12-14-35(15-13-34)41(3,39)40)31-18-22(25)16-27(36)33-29(38)20-4-8-23(30)9-5-20/h4-5,8-9,17-19,21,24H,6-7,10-16H2,1-3H3,(H,32,37). The number of aromatic nitrogens is 1. The largest absolute Gasteiger partial charge is 0.354 e. The lowest BCUT2D eigenvalue weighted by Gasteiger charge is -2.37. The third-order valence-corrected chi connectivity index (χ3v) is 9.35. The number of amides is 2. The van der Waals surface area contributed by atoms with E-state index < -0.39 is 21.7 Å². The van der Waals surface area contributed by atoms with Crippen LogP contribution in [0.15, 0.2) is 41.5 Å². The van der Waals surface area contributed by atoms with Crippen LogP contribution in [0.4, 0.5) is 15.9 Å². The molecule has 5 rings (SSSR count). The third-order valence-electron chi connectivity index (χ3n) is 8.05. The molecule has 1 aromatic carbocycles. The second-order valence-corrected chi connectivity index (χ2v) is 13.4. The van der Waals surface area contributed by atoms with E-state index in [4.69, 9.17) is 0 Å². The minimum atomic E-state index is -3.25. The molecule has 0 bridgehead atoms. The fraction of sp³-hybridized carbons (Fsp3) is 0.517. The summed E-state index contributed by atoms with van der Waals surface area (Å²) >= 11 is 0. The highest BCUT2D eigenvalue weighted by molar-refractivity contribution is 7.88. The molecule has 2 amide bonds. The highest BCUT2D eigenvalue weighted by Gasteiger charge is 2.37. The van der Waals surface area contributed by atoms with Gasteiger partial charge in [0.2, 0.25) is 15.9 Å². The van der Waals surface area contributed by atoms with Crippen molar-refractivity contribution < 1.29 is 22.4 Å². The van der Waals surface area contributed by atoms with Crippen molar-refractivity contribution >= 4 is 39.2 Å². The van der Waals surface area contributed by atoms with Gasteiger partial charge >= 0.3 is 0 Å². The Morgan fingerprint density at radius 2 is 1.71 bits per heavy atom. The van der Waals surface area contributed by atoms with E-state index in [2.05, 4.69) is 25.1 Å². The number of piperazine rings is 1. The third kappa shape index (κ3) is 6.59. The molecule has 1 aliphatic carbocycles. The van der Waals surface area contributed by atoms with Crippen LogP contribution in [0.3, 0.4) is 0 Å². The molecule has 0 unspecified atom stereocenters. The molecule has 220 valence electrons. The first kappa shape index (κ1) is 29.1. The Morgan fingerprint density at radius 3 is 2.32 bits per heavy atom. The Labute approximate surface area is 240 Å². The molecule has 2 fully saturated rings. The quantitative estimate of drug-likeness (QED) is 0.555. The Bertz CT molecular complexity index is 1430. The SMILES string of the molecule is CC(C)NC(=O)C1CCC(N2C(=NC(=O)c3ccc(F)cc3)Cc3cnc(N4CCN(S(C)(=O)=O)CC4)cc32)CC1. The van der Waals surface area contributed by atoms with Crippen molar-refractivity contribution in [3.63, 3.8) is 0 Å². The molecule has 10 nitrogen and oxygen atoms in total. The molecule has 12 heteroatoms. The first-order chi connectivity index (χ1) is 19.5. The van der Waals surface area contributed by atoms with Crippen molar-refractivity contribution in [3.05, 3.63) is 53.5 Å². The molecule has 0 atom stereocenters. The zero-order valence-corrected chi connectivity index (χ0v) is 24.5. The fourth-order valence-corrected chi connectivity index (χ4v) is 6.74. The monoisotopic (exact) mass is 584 g/mol. The molecular weight excluding hydrogens is 547 g/mol. The number of fused-ring (bicyclic) bond motifs is 1. The Hall–Kier alpha value is -3.38. The Kier molecular flexibility index (Phi) is 8.42. The van der Waals surface area contributed by atoms with Gasteiger partial charge in [0.1, 0.15) is 17.5 Å². The van der Waals surface area contributed by atoms with E-state index >= 15 is 0 Å². The average molecular weight is 585 g/mol. The van der Waals surface area contributed by atoms with Gasteiger partial charge in [-0.05, 0) is 63.8 Å². The van der Waals surface area contributed by atoms with E-state index in [1.165, 1.54) is 34.8 Å². The predicted molar refractivity (Wildman–Crippen MR) is 156 cm³/mol. The summed E-state index contributed by atoms with van der Waals surface area (Å²) in [6.45, 7) is 5.75. The highest BCUT2D eigenvalue weighted by Crippen LogP contribution is 2.39. The fourth-order valence-electron chi connectivity index (χ4n) is 5.91. The van der Waals surface area contributed by atoms with Crippen LogP contribution >= 0.6 is 0 Å². The normalized spacial score (nSPS) is 22.7. The van der Waals surface area contributed by atoms with E-state index in [1.54, 1.807) is 0 Å². The van der Waals surface area contributed by atoms with Crippen LogP contribution in [0, 0.1) is 11.7 Å². The number of carbonyl (C=O) groups is 2. The number of nitrogens with zero attached hydrogens (tertiary/aromatic N) is 5. The molecule has 0 radical (unpaired) electrons. The summed E-state index contributed by atoms with van der Waals surface area (Å²) in [5, 5.41) is 3.02. The molecule has 1 aromatic heterocycles. The van der Waals surface area contributed by atoms with Crippen molar-refractivity contribution in [1.82, 2.24) is 14.6 Å². The van der Waals surface area contributed by atoms with Crippen LogP contribution < -0.4 is 15.1 Å². The van der Waals surface area contributed by atoms with Gasteiger partial charge in [-0.3, -0.25) is 9.59 Å². The molecule has 3 aliphatic rings. The molecule has 3 heterocycles. The minimum absolute atomic E-state index is 0.0453. The van der Waals surface area contributed by atoms with Gasteiger partial charge in [0.15, 0.2) is 0 Å². The van der Waals surface area contributed by atoms with E-state index in [9.17, 15) is 22.4 Å². The second kappa shape index (κ2) is 11.8. The summed E-state index contributed by atoms with van der Waals surface area (Å²) in [5.41, 5.74) is 2.20. The predicted octanol–water partition coefficient (Wildman–Crippen LogP) is 2.99. The van der Waals surface area contributed by atoms with Crippen molar-refractivity contribution in [2.24, 2.45) is 10.9 Å². The molecule has 1 saturated carbocycles. The number of pyridine rings is 1. The molecule has 41 heavy (non-hydrogen) atoms. The van der Waals surface area contributed by atoms with Crippen LogP contribution in [0.2, 0.25) is 0 Å². The number of halogens is 1. The van der Waals surface area contributed by atoms with E-state index in [0.29, 0.717) is 44.0 Å². The number of hydrogen-bond donors (Lipinski definition) is 1. The lowest BCUT2D eigenvalue weighted by atomic mass is 9.84.